The number of carboxylic acids is 1. The number of fused-ring (bicyclic) bond motifs is 1. The average molecular weight is 191 g/mol. The summed E-state index contributed by atoms with van der Waals surface area (Å²) in [6.45, 7) is 1.81. The number of aromatic amines is 1. The van der Waals surface area contributed by atoms with Crippen molar-refractivity contribution in [1.82, 2.24) is 4.98 Å². The molecule has 4 nitrogen and oxygen atoms in total. The fourth-order valence-corrected chi connectivity index (χ4v) is 1.52. The van der Waals surface area contributed by atoms with Gasteiger partial charge in [-0.15, -0.1) is 0 Å². The van der Waals surface area contributed by atoms with E-state index in [0.29, 0.717) is 5.39 Å². The second-order valence-corrected chi connectivity index (χ2v) is 3.22. The first kappa shape index (κ1) is 8.62. The van der Waals surface area contributed by atoms with Gasteiger partial charge in [0.15, 0.2) is 0 Å². The van der Waals surface area contributed by atoms with E-state index in [4.69, 9.17) is 5.11 Å². The number of hydrogen-bond acceptors (Lipinski definition) is 2. The fourth-order valence-electron chi connectivity index (χ4n) is 1.52. The molecule has 0 fully saturated rings. The minimum atomic E-state index is -1.000. The molecule has 0 atom stereocenters. The molecule has 0 unspecified atom stereocenters. The van der Waals surface area contributed by atoms with Gasteiger partial charge >= 0.3 is 5.97 Å². The molecule has 1 aromatic carbocycles. The lowest BCUT2D eigenvalue weighted by molar-refractivity contribution is 0.0691. The van der Waals surface area contributed by atoms with E-state index < -0.39 is 5.97 Å². The highest BCUT2D eigenvalue weighted by molar-refractivity contribution is 5.95. The number of nitrogens with one attached hydrogen (secondary N) is 1. The van der Waals surface area contributed by atoms with Crippen LogP contribution in [0.15, 0.2) is 18.2 Å². The number of carbonyl (C=O) groups is 1. The lowest BCUT2D eigenvalue weighted by Crippen LogP contribution is -1.94. The smallest absolute Gasteiger partial charge is 0.352 e. The zero-order chi connectivity index (χ0) is 10.3. The monoisotopic (exact) mass is 191 g/mol. The van der Waals surface area contributed by atoms with E-state index in [1.807, 2.05) is 6.92 Å². The minimum Gasteiger partial charge on any atom is -0.508 e. The van der Waals surface area contributed by atoms with Crippen molar-refractivity contribution in [2.75, 3.05) is 0 Å². The molecule has 2 rings (SSSR count). The zero-order valence-electron chi connectivity index (χ0n) is 7.53. The molecule has 0 aliphatic heterocycles. The molecule has 0 aliphatic carbocycles. The van der Waals surface area contributed by atoms with Gasteiger partial charge in [0, 0.05) is 10.9 Å². The summed E-state index contributed by atoms with van der Waals surface area (Å²) in [4.78, 5) is 13.5. The Hall–Kier alpha value is -1.97. The van der Waals surface area contributed by atoms with Crippen LogP contribution in [0, 0.1) is 6.92 Å². The topological polar surface area (TPSA) is 73.3 Å². The molecule has 0 saturated heterocycles. The van der Waals surface area contributed by atoms with Gasteiger partial charge in [-0.1, -0.05) is 0 Å². The summed E-state index contributed by atoms with van der Waals surface area (Å²) in [5.74, 6) is -0.856. The molecule has 4 heteroatoms. The number of rotatable bonds is 1. The summed E-state index contributed by atoms with van der Waals surface area (Å²) < 4.78 is 0. The van der Waals surface area contributed by atoms with Crippen molar-refractivity contribution in [2.24, 2.45) is 0 Å². The molecular formula is C10H9NO3. The molecule has 14 heavy (non-hydrogen) atoms. The van der Waals surface area contributed by atoms with Gasteiger partial charge in [-0.25, -0.2) is 4.79 Å². The maximum absolute atomic E-state index is 10.7. The molecule has 0 radical (unpaired) electrons. The van der Waals surface area contributed by atoms with E-state index in [1.54, 1.807) is 6.07 Å². The molecular weight excluding hydrogens is 182 g/mol. The van der Waals surface area contributed by atoms with E-state index in [2.05, 4.69) is 4.98 Å². The number of aryl methyl sites for hydroxylation is 1. The van der Waals surface area contributed by atoms with Crippen LogP contribution < -0.4 is 0 Å². The number of aromatic hydroxyl groups is 1. The van der Waals surface area contributed by atoms with Gasteiger partial charge in [0.1, 0.15) is 11.4 Å². The van der Waals surface area contributed by atoms with Crippen LogP contribution in [-0.4, -0.2) is 21.2 Å². The minimum absolute atomic E-state index is 0.133. The van der Waals surface area contributed by atoms with Crippen molar-refractivity contribution < 1.29 is 15.0 Å². The second-order valence-electron chi connectivity index (χ2n) is 3.22. The molecule has 1 heterocycles. The standard InChI is InChI=1S/C10H9NO3/c1-5-2-7(12)3-6-4-8(10(13)14)11-9(5)6/h2-4,11-12H,1H3,(H,13,14). The summed E-state index contributed by atoms with van der Waals surface area (Å²) in [5, 5.41) is 18.8. The van der Waals surface area contributed by atoms with Gasteiger partial charge in [0.05, 0.1) is 0 Å². The Morgan fingerprint density at radius 3 is 2.71 bits per heavy atom. The van der Waals surface area contributed by atoms with Crippen molar-refractivity contribution in [3.8, 4) is 5.75 Å². The van der Waals surface area contributed by atoms with E-state index in [0.717, 1.165) is 11.1 Å². The van der Waals surface area contributed by atoms with Crippen LogP contribution in [0.2, 0.25) is 0 Å². The van der Waals surface area contributed by atoms with Crippen LogP contribution in [0.25, 0.3) is 10.9 Å². The summed E-state index contributed by atoms with van der Waals surface area (Å²) in [7, 11) is 0. The Bertz CT molecular complexity index is 513. The third kappa shape index (κ3) is 1.21. The summed E-state index contributed by atoms with van der Waals surface area (Å²) >= 11 is 0. The van der Waals surface area contributed by atoms with Gasteiger partial charge in [0.2, 0.25) is 0 Å². The lowest BCUT2D eigenvalue weighted by Gasteiger charge is -1.96. The van der Waals surface area contributed by atoms with Crippen molar-refractivity contribution >= 4 is 16.9 Å². The molecule has 72 valence electrons. The van der Waals surface area contributed by atoms with Gasteiger partial charge in [-0.05, 0) is 30.7 Å². The van der Waals surface area contributed by atoms with Crippen LogP contribution >= 0.6 is 0 Å². The molecule has 2 aromatic rings. The predicted octanol–water partition coefficient (Wildman–Crippen LogP) is 1.88. The number of benzene rings is 1. The summed E-state index contributed by atoms with van der Waals surface area (Å²) in [6, 6.07) is 4.63. The van der Waals surface area contributed by atoms with Crippen LogP contribution in [-0.2, 0) is 0 Å². The third-order valence-electron chi connectivity index (χ3n) is 2.14. The number of aromatic carboxylic acids is 1. The first-order valence-corrected chi connectivity index (χ1v) is 4.13. The van der Waals surface area contributed by atoms with E-state index >= 15 is 0 Å². The summed E-state index contributed by atoms with van der Waals surface area (Å²) in [6.07, 6.45) is 0. The van der Waals surface area contributed by atoms with Crippen LogP contribution in [0.4, 0.5) is 0 Å². The molecule has 0 spiro atoms. The number of phenols is 1. The maximum atomic E-state index is 10.7. The number of hydrogen-bond donors (Lipinski definition) is 3. The Kier molecular flexibility index (Phi) is 1.70. The predicted molar refractivity (Wildman–Crippen MR) is 51.7 cm³/mol. The van der Waals surface area contributed by atoms with Crippen molar-refractivity contribution in [1.29, 1.82) is 0 Å². The Morgan fingerprint density at radius 1 is 1.36 bits per heavy atom. The zero-order valence-corrected chi connectivity index (χ0v) is 7.53. The average Bonchev–Trinajstić information content (AvgIpc) is 2.47. The quantitative estimate of drug-likeness (QED) is 0.644. The van der Waals surface area contributed by atoms with E-state index in [9.17, 15) is 9.90 Å². The first-order chi connectivity index (χ1) is 6.58. The van der Waals surface area contributed by atoms with Gasteiger partial charge in [-0.2, -0.15) is 0 Å². The number of aromatic nitrogens is 1. The summed E-state index contributed by atoms with van der Waals surface area (Å²) in [5.41, 5.74) is 1.71. The Labute approximate surface area is 79.8 Å². The Morgan fingerprint density at radius 2 is 2.07 bits per heavy atom. The van der Waals surface area contributed by atoms with Crippen molar-refractivity contribution in [3.05, 3.63) is 29.5 Å². The van der Waals surface area contributed by atoms with E-state index in [1.165, 1.54) is 12.1 Å². The molecule has 0 saturated carbocycles. The highest BCUT2D eigenvalue weighted by atomic mass is 16.4. The number of carboxylic acid groups (broad SMARTS) is 1. The highest BCUT2D eigenvalue weighted by Crippen LogP contribution is 2.24. The normalized spacial score (nSPS) is 10.6. The number of phenolic OH excluding ortho intramolecular Hbond substituents is 1. The van der Waals surface area contributed by atoms with E-state index in [-0.39, 0.29) is 11.4 Å². The van der Waals surface area contributed by atoms with Crippen LogP contribution in [0.3, 0.4) is 0 Å². The van der Waals surface area contributed by atoms with Gasteiger partial charge < -0.3 is 15.2 Å². The molecule has 0 amide bonds. The first-order valence-electron chi connectivity index (χ1n) is 4.13. The van der Waals surface area contributed by atoms with Crippen molar-refractivity contribution in [3.63, 3.8) is 0 Å². The third-order valence-corrected chi connectivity index (χ3v) is 2.14. The van der Waals surface area contributed by atoms with Gasteiger partial charge in [0.25, 0.3) is 0 Å². The lowest BCUT2D eigenvalue weighted by atomic mass is 10.1. The SMILES string of the molecule is Cc1cc(O)cc2cc(C(=O)O)[nH]c12. The van der Waals surface area contributed by atoms with Gasteiger partial charge in [-0.3, -0.25) is 0 Å². The second kappa shape index (κ2) is 2.77. The largest absolute Gasteiger partial charge is 0.508 e. The maximum Gasteiger partial charge on any atom is 0.352 e. The number of H-pyrrole nitrogens is 1. The molecule has 3 N–H and O–H groups in total. The Balaban J connectivity index is 2.76. The highest BCUT2D eigenvalue weighted by Gasteiger charge is 2.09. The fraction of sp³-hybridized carbons (Fsp3) is 0.100. The molecule has 0 bridgehead atoms. The van der Waals surface area contributed by atoms with Crippen molar-refractivity contribution in [2.45, 2.75) is 6.92 Å². The van der Waals surface area contributed by atoms with Crippen LogP contribution in [0.5, 0.6) is 5.75 Å². The molecule has 0 aliphatic rings. The molecule has 1 aromatic heterocycles. The van der Waals surface area contributed by atoms with Crippen LogP contribution in [0.1, 0.15) is 16.1 Å².